The molecule has 40 heavy (non-hydrogen) atoms. The number of anilines is 2. The lowest BCUT2D eigenvalue weighted by Crippen LogP contribution is -2.37. The average Bonchev–Trinajstić information content (AvgIpc) is 3.49. The van der Waals surface area contributed by atoms with E-state index in [9.17, 15) is 9.59 Å². The number of carbonyl (C=O) groups excluding carboxylic acids is 2. The lowest BCUT2D eigenvalue weighted by atomic mass is 10.1. The predicted molar refractivity (Wildman–Crippen MR) is 161 cm³/mol. The molecule has 1 fully saturated rings. The summed E-state index contributed by atoms with van der Waals surface area (Å²) in [4.78, 5) is 36.8. The molecule has 1 N–H and O–H groups in total. The number of halogens is 2. The standard InChI is InChI=1S/C31H33Cl2N5O2/c1-20-5-10-27(15-28(20)33)38(31(40)35-26-8-6-25(32)7-9-26)14-4-13-36-16-23-18-37(19-24(23)17-36)30(39)29-21(2)11-12-34-22(29)3/h5-12,15,18,24H,4,13-14,16-17,19H2,1-3H3,(H,35,40). The maximum absolute atomic E-state index is 13.3. The van der Waals surface area contributed by atoms with Crippen molar-refractivity contribution in [2.75, 3.05) is 42.9 Å². The van der Waals surface area contributed by atoms with Crippen LogP contribution >= 0.6 is 23.2 Å². The molecule has 1 atom stereocenters. The van der Waals surface area contributed by atoms with Crippen molar-refractivity contribution in [3.63, 3.8) is 0 Å². The summed E-state index contributed by atoms with van der Waals surface area (Å²) in [6.45, 7) is 9.57. The number of fused-ring (bicyclic) bond motifs is 1. The van der Waals surface area contributed by atoms with Crippen LogP contribution in [-0.2, 0) is 0 Å². The van der Waals surface area contributed by atoms with E-state index in [1.165, 1.54) is 5.57 Å². The Morgan fingerprint density at radius 2 is 1.80 bits per heavy atom. The normalized spacial score (nSPS) is 16.6. The van der Waals surface area contributed by atoms with Crippen molar-refractivity contribution in [3.8, 4) is 0 Å². The van der Waals surface area contributed by atoms with Gasteiger partial charge in [-0.3, -0.25) is 19.6 Å². The molecule has 1 aromatic heterocycles. The van der Waals surface area contributed by atoms with Gasteiger partial charge in [-0.1, -0.05) is 29.3 Å². The van der Waals surface area contributed by atoms with Crippen LogP contribution in [0.3, 0.4) is 0 Å². The van der Waals surface area contributed by atoms with Crippen molar-refractivity contribution in [1.29, 1.82) is 0 Å². The predicted octanol–water partition coefficient (Wildman–Crippen LogP) is 6.71. The molecule has 0 saturated carbocycles. The Labute approximate surface area is 245 Å². The first-order valence-electron chi connectivity index (χ1n) is 13.5. The molecular formula is C31H33Cl2N5O2. The van der Waals surface area contributed by atoms with E-state index >= 15 is 0 Å². The molecule has 9 heteroatoms. The van der Waals surface area contributed by atoms with Gasteiger partial charge in [0, 0.05) is 72.5 Å². The fourth-order valence-electron chi connectivity index (χ4n) is 5.44. The fourth-order valence-corrected chi connectivity index (χ4v) is 5.74. The smallest absolute Gasteiger partial charge is 0.314 e. The highest BCUT2D eigenvalue weighted by Crippen LogP contribution is 2.31. The number of likely N-dealkylation sites (tertiary alicyclic amines) is 1. The number of hydrogen-bond donors (Lipinski definition) is 1. The van der Waals surface area contributed by atoms with E-state index in [4.69, 9.17) is 23.2 Å². The lowest BCUT2D eigenvalue weighted by molar-refractivity contribution is 0.0818. The number of rotatable bonds is 7. The largest absolute Gasteiger partial charge is 0.326 e. The summed E-state index contributed by atoms with van der Waals surface area (Å²) in [6.07, 6.45) is 4.56. The summed E-state index contributed by atoms with van der Waals surface area (Å²) in [5.74, 6) is 0.358. The number of nitrogens with one attached hydrogen (secondary N) is 1. The van der Waals surface area contributed by atoms with Crippen LogP contribution in [0.15, 0.2) is 66.5 Å². The molecule has 2 aromatic carbocycles. The highest BCUT2D eigenvalue weighted by Gasteiger charge is 2.36. The summed E-state index contributed by atoms with van der Waals surface area (Å²) in [5, 5.41) is 4.20. The third kappa shape index (κ3) is 6.17. The van der Waals surface area contributed by atoms with E-state index in [1.54, 1.807) is 35.4 Å². The number of pyridine rings is 1. The van der Waals surface area contributed by atoms with Gasteiger partial charge in [0.15, 0.2) is 0 Å². The average molecular weight is 579 g/mol. The molecule has 1 saturated heterocycles. The number of nitrogens with zero attached hydrogens (tertiary/aromatic N) is 4. The second kappa shape index (κ2) is 12.0. The molecule has 5 rings (SSSR count). The zero-order valence-electron chi connectivity index (χ0n) is 23.0. The summed E-state index contributed by atoms with van der Waals surface area (Å²) in [5.41, 5.74) is 6.09. The van der Waals surface area contributed by atoms with Gasteiger partial charge in [0.2, 0.25) is 0 Å². The van der Waals surface area contributed by atoms with E-state index in [0.717, 1.165) is 48.6 Å². The van der Waals surface area contributed by atoms with Crippen LogP contribution in [0.25, 0.3) is 0 Å². The maximum atomic E-state index is 13.3. The minimum atomic E-state index is -0.224. The van der Waals surface area contributed by atoms with Crippen LogP contribution in [0.5, 0.6) is 0 Å². The number of aryl methyl sites for hydroxylation is 3. The van der Waals surface area contributed by atoms with E-state index in [0.29, 0.717) is 40.3 Å². The molecule has 2 aliphatic heterocycles. The van der Waals surface area contributed by atoms with Crippen LogP contribution in [0.4, 0.5) is 16.2 Å². The van der Waals surface area contributed by atoms with Gasteiger partial charge in [0.25, 0.3) is 5.91 Å². The Kier molecular flexibility index (Phi) is 8.45. The van der Waals surface area contributed by atoms with Gasteiger partial charge >= 0.3 is 6.03 Å². The van der Waals surface area contributed by atoms with Gasteiger partial charge in [0.1, 0.15) is 0 Å². The van der Waals surface area contributed by atoms with E-state index in [2.05, 4.69) is 15.2 Å². The Bertz CT molecular complexity index is 1440. The molecule has 2 aliphatic rings. The minimum absolute atomic E-state index is 0.0238. The number of benzene rings is 2. The van der Waals surface area contributed by atoms with Crippen LogP contribution in [0.2, 0.25) is 10.0 Å². The van der Waals surface area contributed by atoms with Gasteiger partial charge in [-0.15, -0.1) is 0 Å². The molecular weight excluding hydrogens is 545 g/mol. The molecule has 3 amide bonds. The SMILES string of the molecule is Cc1ccc(N(CCCN2CC3=CN(C(=O)c4c(C)ccnc4C)CC3C2)C(=O)Nc2ccc(Cl)cc2)cc1Cl. The van der Waals surface area contributed by atoms with Gasteiger partial charge in [-0.25, -0.2) is 4.79 Å². The third-order valence-electron chi connectivity index (χ3n) is 7.64. The maximum Gasteiger partial charge on any atom is 0.326 e. The summed E-state index contributed by atoms with van der Waals surface area (Å²) >= 11 is 12.4. The quantitative estimate of drug-likeness (QED) is 0.338. The second-order valence-corrected chi connectivity index (χ2v) is 11.4. The van der Waals surface area contributed by atoms with Gasteiger partial charge in [-0.05, 0) is 86.4 Å². The number of carbonyl (C=O) groups is 2. The van der Waals surface area contributed by atoms with Crippen LogP contribution in [0.1, 0.15) is 33.6 Å². The lowest BCUT2D eigenvalue weighted by Gasteiger charge is -2.25. The highest BCUT2D eigenvalue weighted by atomic mass is 35.5. The van der Waals surface area contributed by atoms with Gasteiger partial charge < -0.3 is 10.2 Å². The first kappa shape index (κ1) is 28.1. The number of urea groups is 1. The molecule has 7 nitrogen and oxygen atoms in total. The van der Waals surface area contributed by atoms with Crippen molar-refractivity contribution in [3.05, 3.63) is 98.9 Å². The van der Waals surface area contributed by atoms with Crippen LogP contribution in [0, 0.1) is 26.7 Å². The topological polar surface area (TPSA) is 68.8 Å². The molecule has 3 aromatic rings. The first-order valence-corrected chi connectivity index (χ1v) is 14.2. The highest BCUT2D eigenvalue weighted by molar-refractivity contribution is 6.31. The van der Waals surface area contributed by atoms with E-state index < -0.39 is 0 Å². The van der Waals surface area contributed by atoms with Crippen LogP contribution < -0.4 is 10.2 Å². The summed E-state index contributed by atoms with van der Waals surface area (Å²) < 4.78 is 0. The van der Waals surface area contributed by atoms with Crippen molar-refractivity contribution in [2.45, 2.75) is 27.2 Å². The number of hydrogen-bond acceptors (Lipinski definition) is 4. The zero-order chi connectivity index (χ0) is 28.4. The first-order chi connectivity index (χ1) is 19.2. The van der Waals surface area contributed by atoms with Gasteiger partial charge in [-0.2, -0.15) is 0 Å². The zero-order valence-corrected chi connectivity index (χ0v) is 24.5. The molecule has 0 spiro atoms. The van der Waals surface area contributed by atoms with Crippen LogP contribution in [-0.4, -0.2) is 59.4 Å². The Balaban J connectivity index is 1.21. The second-order valence-electron chi connectivity index (χ2n) is 10.6. The van der Waals surface area contributed by atoms with Crippen molar-refractivity contribution >= 4 is 46.5 Å². The molecule has 0 bridgehead atoms. The molecule has 3 heterocycles. The third-order valence-corrected chi connectivity index (χ3v) is 8.29. The van der Waals surface area contributed by atoms with Crippen molar-refractivity contribution < 1.29 is 9.59 Å². The Hall–Kier alpha value is -3.39. The van der Waals surface area contributed by atoms with E-state index in [1.807, 2.05) is 56.1 Å². The number of aromatic nitrogens is 1. The Morgan fingerprint density at radius 1 is 1.02 bits per heavy atom. The molecule has 1 unspecified atom stereocenters. The molecule has 0 radical (unpaired) electrons. The Morgan fingerprint density at radius 3 is 2.50 bits per heavy atom. The fraction of sp³-hybridized carbons (Fsp3) is 0.323. The minimum Gasteiger partial charge on any atom is -0.314 e. The monoisotopic (exact) mass is 577 g/mol. The molecule has 208 valence electrons. The van der Waals surface area contributed by atoms with Crippen molar-refractivity contribution in [1.82, 2.24) is 14.8 Å². The molecule has 0 aliphatic carbocycles. The van der Waals surface area contributed by atoms with E-state index in [-0.39, 0.29) is 11.9 Å². The van der Waals surface area contributed by atoms with Crippen molar-refractivity contribution in [2.24, 2.45) is 5.92 Å². The number of amides is 3. The summed E-state index contributed by atoms with van der Waals surface area (Å²) in [7, 11) is 0. The summed E-state index contributed by atoms with van der Waals surface area (Å²) in [6, 6.07) is 14.4. The van der Waals surface area contributed by atoms with Gasteiger partial charge in [0.05, 0.1) is 11.3 Å².